The van der Waals surface area contributed by atoms with E-state index >= 15 is 0 Å². The van der Waals surface area contributed by atoms with Crippen LogP contribution in [0, 0.1) is 11.5 Å². The average molecular weight is 320 g/mol. The molecular formula is C15H20N2O4Si. The lowest BCUT2D eigenvalue weighted by Gasteiger charge is -2.11. The summed E-state index contributed by atoms with van der Waals surface area (Å²) in [6.07, 6.45) is 0. The van der Waals surface area contributed by atoms with Crippen molar-refractivity contribution < 1.29 is 19.1 Å². The lowest BCUT2D eigenvalue weighted by atomic mass is 10.2. The zero-order valence-electron chi connectivity index (χ0n) is 13.7. The molecule has 1 aromatic heterocycles. The molecular weight excluding hydrogens is 300 g/mol. The van der Waals surface area contributed by atoms with Gasteiger partial charge in [-0.25, -0.2) is 4.79 Å². The highest BCUT2D eigenvalue weighted by atomic mass is 28.3. The molecule has 0 spiro atoms. The van der Waals surface area contributed by atoms with Gasteiger partial charge in [0, 0.05) is 6.92 Å². The van der Waals surface area contributed by atoms with Crippen molar-refractivity contribution in [2.45, 2.75) is 26.6 Å². The quantitative estimate of drug-likeness (QED) is 0.524. The third-order valence-electron chi connectivity index (χ3n) is 2.45. The minimum Gasteiger partial charge on any atom is -0.480 e. The molecule has 0 unspecified atom stereocenters. The van der Waals surface area contributed by atoms with Crippen molar-refractivity contribution in [2.75, 3.05) is 19.5 Å². The molecule has 0 saturated carbocycles. The number of carbonyl (C=O) groups excluding carboxylic acids is 2. The number of esters is 1. The second kappa shape index (κ2) is 7.09. The fraction of sp³-hybridized carbons (Fsp3) is 0.400. The first-order valence-electron chi connectivity index (χ1n) is 6.66. The molecule has 7 heteroatoms. The maximum atomic E-state index is 11.8. The molecule has 0 radical (unpaired) electrons. The first-order valence-corrected chi connectivity index (χ1v) is 10.2. The van der Waals surface area contributed by atoms with Crippen LogP contribution in [-0.4, -0.2) is 39.2 Å². The van der Waals surface area contributed by atoms with Gasteiger partial charge in [-0.05, 0) is 6.07 Å². The Morgan fingerprint density at radius 1 is 1.27 bits per heavy atom. The second-order valence-corrected chi connectivity index (χ2v) is 10.4. The van der Waals surface area contributed by atoms with E-state index in [9.17, 15) is 9.59 Å². The van der Waals surface area contributed by atoms with Crippen molar-refractivity contribution in [3.63, 3.8) is 0 Å². The molecule has 6 nitrogen and oxygen atoms in total. The Hall–Kier alpha value is -2.33. The van der Waals surface area contributed by atoms with Gasteiger partial charge in [-0.15, -0.1) is 5.54 Å². The van der Waals surface area contributed by atoms with E-state index in [0.717, 1.165) is 0 Å². The first kappa shape index (κ1) is 17.7. The van der Waals surface area contributed by atoms with Crippen LogP contribution < -0.4 is 10.1 Å². The van der Waals surface area contributed by atoms with Crippen LogP contribution in [-0.2, 0) is 9.53 Å². The molecule has 22 heavy (non-hydrogen) atoms. The van der Waals surface area contributed by atoms with Gasteiger partial charge >= 0.3 is 5.97 Å². The highest BCUT2D eigenvalue weighted by Gasteiger charge is 2.19. The van der Waals surface area contributed by atoms with Crippen molar-refractivity contribution >= 4 is 25.8 Å². The van der Waals surface area contributed by atoms with E-state index in [1.807, 2.05) is 0 Å². The zero-order chi connectivity index (χ0) is 16.9. The van der Waals surface area contributed by atoms with E-state index in [-0.39, 0.29) is 23.2 Å². The predicted octanol–water partition coefficient (Wildman–Crippen LogP) is 2.06. The molecule has 0 aliphatic rings. The Bertz CT molecular complexity index is 654. The highest BCUT2D eigenvalue weighted by molar-refractivity contribution is 6.83. The summed E-state index contributed by atoms with van der Waals surface area (Å²) in [5, 5.41) is 2.60. The maximum absolute atomic E-state index is 11.8. The van der Waals surface area contributed by atoms with Crippen LogP contribution in [0.1, 0.15) is 22.8 Å². The van der Waals surface area contributed by atoms with Gasteiger partial charge < -0.3 is 14.8 Å². The Balaban J connectivity index is 3.50. The van der Waals surface area contributed by atoms with Gasteiger partial charge in [0.1, 0.15) is 13.6 Å². The van der Waals surface area contributed by atoms with E-state index in [1.54, 1.807) is 0 Å². The summed E-state index contributed by atoms with van der Waals surface area (Å²) in [4.78, 5) is 27.3. The van der Waals surface area contributed by atoms with E-state index in [2.05, 4.69) is 41.4 Å². The molecule has 0 saturated heterocycles. The molecule has 0 bridgehead atoms. The van der Waals surface area contributed by atoms with Crippen molar-refractivity contribution in [1.82, 2.24) is 4.98 Å². The second-order valence-electron chi connectivity index (χ2n) is 5.61. The molecule has 1 N–H and O–H groups in total. The fourth-order valence-corrected chi connectivity index (χ4v) is 2.03. The van der Waals surface area contributed by atoms with Crippen LogP contribution in [0.4, 0.5) is 5.82 Å². The van der Waals surface area contributed by atoms with Crippen LogP contribution in [0.15, 0.2) is 6.07 Å². The topological polar surface area (TPSA) is 77.5 Å². The SMILES string of the molecule is COC(=O)c1cc(C#C[Si](C)(C)C)c(NC(C)=O)nc1OC. The number of aromatic nitrogens is 1. The number of ether oxygens (including phenoxy) is 2. The normalized spacial score (nSPS) is 10.3. The number of methoxy groups -OCH3 is 2. The molecule has 0 aliphatic carbocycles. The van der Waals surface area contributed by atoms with Gasteiger partial charge in [0.25, 0.3) is 0 Å². The van der Waals surface area contributed by atoms with Crippen LogP contribution in [0.2, 0.25) is 19.6 Å². The monoisotopic (exact) mass is 320 g/mol. The highest BCUT2D eigenvalue weighted by Crippen LogP contribution is 2.23. The Kier molecular flexibility index (Phi) is 5.71. The van der Waals surface area contributed by atoms with Gasteiger partial charge in [-0.1, -0.05) is 25.6 Å². The molecule has 0 atom stereocenters. The maximum Gasteiger partial charge on any atom is 0.343 e. The number of hydrogen-bond acceptors (Lipinski definition) is 5. The first-order chi connectivity index (χ1) is 10.2. The number of pyridine rings is 1. The Morgan fingerprint density at radius 2 is 1.91 bits per heavy atom. The Morgan fingerprint density at radius 3 is 2.36 bits per heavy atom. The van der Waals surface area contributed by atoms with Crippen LogP contribution in [0.25, 0.3) is 0 Å². The molecule has 0 fully saturated rings. The Labute approximate surface area is 131 Å². The molecule has 0 aliphatic heterocycles. The lowest BCUT2D eigenvalue weighted by Crippen LogP contribution is -2.17. The standard InChI is InChI=1S/C15H20N2O4Si/c1-10(18)16-13-11(7-8-22(4,5)6)9-12(15(19)21-3)14(17-13)20-2/h9H,1-6H3,(H,16,17,18). The summed E-state index contributed by atoms with van der Waals surface area (Å²) in [6, 6.07) is 1.52. The molecule has 0 aromatic carbocycles. The van der Waals surface area contributed by atoms with E-state index in [4.69, 9.17) is 9.47 Å². The largest absolute Gasteiger partial charge is 0.480 e. The van der Waals surface area contributed by atoms with Gasteiger partial charge in [0.05, 0.1) is 19.8 Å². The summed E-state index contributed by atoms with van der Waals surface area (Å²) < 4.78 is 9.80. The number of amides is 1. The lowest BCUT2D eigenvalue weighted by molar-refractivity contribution is -0.114. The van der Waals surface area contributed by atoms with Crippen molar-refractivity contribution in [2.24, 2.45) is 0 Å². The summed E-state index contributed by atoms with van der Waals surface area (Å²) in [6.45, 7) is 7.65. The van der Waals surface area contributed by atoms with Crippen molar-refractivity contribution in [3.05, 3.63) is 17.2 Å². The number of anilines is 1. The van der Waals surface area contributed by atoms with Crippen molar-refractivity contribution in [1.29, 1.82) is 0 Å². The summed E-state index contributed by atoms with van der Waals surface area (Å²) in [5.41, 5.74) is 3.80. The smallest absolute Gasteiger partial charge is 0.343 e. The van der Waals surface area contributed by atoms with E-state index in [1.165, 1.54) is 27.2 Å². The van der Waals surface area contributed by atoms with Gasteiger partial charge in [-0.3, -0.25) is 4.79 Å². The third-order valence-corrected chi connectivity index (χ3v) is 3.33. The number of hydrogen-bond donors (Lipinski definition) is 1. The number of nitrogens with one attached hydrogen (secondary N) is 1. The van der Waals surface area contributed by atoms with Crippen molar-refractivity contribution in [3.8, 4) is 17.3 Å². The fourth-order valence-electron chi connectivity index (χ4n) is 1.52. The predicted molar refractivity (Wildman–Crippen MR) is 86.7 cm³/mol. The number of rotatable bonds is 3. The minimum atomic E-state index is -1.63. The molecule has 1 aromatic rings. The van der Waals surface area contributed by atoms with E-state index < -0.39 is 14.0 Å². The van der Waals surface area contributed by atoms with Crippen LogP contribution in [0.3, 0.4) is 0 Å². The van der Waals surface area contributed by atoms with Gasteiger partial charge in [0.2, 0.25) is 11.8 Å². The van der Waals surface area contributed by atoms with E-state index in [0.29, 0.717) is 5.56 Å². The molecule has 118 valence electrons. The molecule has 1 heterocycles. The summed E-state index contributed by atoms with van der Waals surface area (Å²) >= 11 is 0. The van der Waals surface area contributed by atoms with Crippen LogP contribution >= 0.6 is 0 Å². The van der Waals surface area contributed by atoms with Gasteiger partial charge in [0.15, 0.2) is 5.82 Å². The zero-order valence-corrected chi connectivity index (χ0v) is 14.7. The number of carbonyl (C=O) groups is 2. The number of nitrogens with zero attached hydrogens (tertiary/aromatic N) is 1. The van der Waals surface area contributed by atoms with Crippen LogP contribution in [0.5, 0.6) is 5.88 Å². The molecule has 1 amide bonds. The summed E-state index contributed by atoms with van der Waals surface area (Å²) in [7, 11) is 1.04. The minimum absolute atomic E-state index is 0.0779. The third kappa shape index (κ3) is 4.89. The average Bonchev–Trinajstić information content (AvgIpc) is 2.43. The molecule has 1 rings (SSSR count). The summed E-state index contributed by atoms with van der Waals surface area (Å²) in [5.74, 6) is 2.49. The van der Waals surface area contributed by atoms with Gasteiger partial charge in [-0.2, -0.15) is 4.98 Å².